The lowest BCUT2D eigenvalue weighted by Gasteiger charge is -2.31. The van der Waals surface area contributed by atoms with Crippen LogP contribution in [-0.4, -0.2) is 12.1 Å². The van der Waals surface area contributed by atoms with Crippen molar-refractivity contribution in [1.82, 2.24) is 5.32 Å². The third-order valence-electron chi connectivity index (χ3n) is 2.96. The molecule has 1 N–H and O–H groups in total. The zero-order chi connectivity index (χ0) is 11.5. The summed E-state index contributed by atoms with van der Waals surface area (Å²) < 4.78 is 0. The molecular formula is C13H23NS. The molecule has 0 saturated heterocycles. The molecule has 86 valence electrons. The largest absolute Gasteiger partial charge is 0.311 e. The molecule has 2 heteroatoms. The lowest BCUT2D eigenvalue weighted by atomic mass is 9.87. The van der Waals surface area contributed by atoms with Gasteiger partial charge in [0, 0.05) is 12.1 Å². The van der Waals surface area contributed by atoms with Gasteiger partial charge in [0.2, 0.25) is 0 Å². The minimum Gasteiger partial charge on any atom is -0.311 e. The first-order valence-electron chi connectivity index (χ1n) is 5.66. The van der Waals surface area contributed by atoms with E-state index in [1.54, 1.807) is 11.3 Å². The van der Waals surface area contributed by atoms with Gasteiger partial charge in [0.1, 0.15) is 0 Å². The van der Waals surface area contributed by atoms with E-state index in [0.29, 0.717) is 17.5 Å². The second-order valence-corrected chi connectivity index (χ2v) is 6.27. The van der Waals surface area contributed by atoms with Crippen LogP contribution in [0.25, 0.3) is 0 Å². The van der Waals surface area contributed by atoms with Gasteiger partial charge < -0.3 is 5.32 Å². The van der Waals surface area contributed by atoms with Crippen LogP contribution in [-0.2, 0) is 6.42 Å². The van der Waals surface area contributed by atoms with Gasteiger partial charge in [0.25, 0.3) is 0 Å². The first kappa shape index (κ1) is 12.7. The maximum absolute atomic E-state index is 3.66. The van der Waals surface area contributed by atoms with Crippen molar-refractivity contribution in [2.45, 2.75) is 53.1 Å². The Bertz CT molecular complexity index is 271. The number of rotatable bonds is 4. The fourth-order valence-corrected chi connectivity index (χ4v) is 2.18. The number of hydrogen-bond acceptors (Lipinski definition) is 2. The molecule has 0 fully saturated rings. The van der Waals surface area contributed by atoms with E-state index >= 15 is 0 Å². The highest BCUT2D eigenvalue weighted by molar-refractivity contribution is 7.07. The normalized spacial score (nSPS) is 16.3. The smallest absolute Gasteiger partial charge is 0.00898 e. The van der Waals surface area contributed by atoms with Gasteiger partial charge >= 0.3 is 0 Å². The number of hydrogen-bond donors (Lipinski definition) is 1. The molecule has 2 atom stereocenters. The summed E-state index contributed by atoms with van der Waals surface area (Å²) in [6, 6.07) is 3.31. The van der Waals surface area contributed by atoms with Crippen LogP contribution in [0.3, 0.4) is 0 Å². The number of thiophene rings is 1. The maximum atomic E-state index is 3.66. The van der Waals surface area contributed by atoms with Crippen molar-refractivity contribution in [3.05, 3.63) is 22.4 Å². The van der Waals surface area contributed by atoms with E-state index in [0.717, 1.165) is 6.42 Å². The molecule has 1 nitrogen and oxygen atoms in total. The van der Waals surface area contributed by atoms with Crippen molar-refractivity contribution in [2.75, 3.05) is 0 Å². The summed E-state index contributed by atoms with van der Waals surface area (Å²) in [7, 11) is 0. The average molecular weight is 225 g/mol. The Morgan fingerprint density at radius 1 is 1.33 bits per heavy atom. The quantitative estimate of drug-likeness (QED) is 0.824. The van der Waals surface area contributed by atoms with Gasteiger partial charge in [-0.3, -0.25) is 0 Å². The molecule has 0 amide bonds. The molecule has 0 aromatic carbocycles. The molecule has 0 radical (unpaired) electrons. The van der Waals surface area contributed by atoms with E-state index in [1.807, 2.05) is 0 Å². The van der Waals surface area contributed by atoms with Crippen LogP contribution in [0.1, 0.15) is 40.2 Å². The lowest BCUT2D eigenvalue weighted by Crippen LogP contribution is -2.43. The molecule has 0 spiro atoms. The van der Waals surface area contributed by atoms with Gasteiger partial charge in [-0.1, -0.05) is 20.8 Å². The fraction of sp³-hybridized carbons (Fsp3) is 0.692. The summed E-state index contributed by atoms with van der Waals surface area (Å²) in [6.45, 7) is 11.4. The zero-order valence-electron chi connectivity index (χ0n) is 10.5. The van der Waals surface area contributed by atoms with E-state index in [4.69, 9.17) is 0 Å². The molecule has 0 saturated carbocycles. The lowest BCUT2D eigenvalue weighted by molar-refractivity contribution is 0.266. The summed E-state index contributed by atoms with van der Waals surface area (Å²) >= 11 is 1.78. The Morgan fingerprint density at radius 2 is 2.00 bits per heavy atom. The van der Waals surface area contributed by atoms with Crippen molar-refractivity contribution < 1.29 is 0 Å². The Balaban J connectivity index is 2.39. The monoisotopic (exact) mass is 225 g/mol. The molecular weight excluding hydrogens is 202 g/mol. The first-order chi connectivity index (χ1) is 6.89. The average Bonchev–Trinajstić information content (AvgIpc) is 2.54. The van der Waals surface area contributed by atoms with Crippen LogP contribution >= 0.6 is 11.3 Å². The van der Waals surface area contributed by atoms with E-state index < -0.39 is 0 Å². The molecule has 1 rings (SSSR count). The van der Waals surface area contributed by atoms with E-state index in [2.05, 4.69) is 56.8 Å². The van der Waals surface area contributed by atoms with Gasteiger partial charge in [-0.05, 0) is 48.1 Å². The summed E-state index contributed by atoms with van der Waals surface area (Å²) in [5, 5.41) is 8.05. The highest BCUT2D eigenvalue weighted by Crippen LogP contribution is 2.19. The molecule has 0 aliphatic rings. The standard InChI is InChI=1S/C13H23NS/c1-10(8-12-6-7-15-9-12)14-11(2)13(3,4)5/h6-7,9-11,14H,8H2,1-5H3. The van der Waals surface area contributed by atoms with Gasteiger partial charge in [-0.15, -0.1) is 0 Å². The van der Waals surface area contributed by atoms with Crippen molar-refractivity contribution in [1.29, 1.82) is 0 Å². The van der Waals surface area contributed by atoms with Gasteiger partial charge in [-0.2, -0.15) is 11.3 Å². The van der Waals surface area contributed by atoms with E-state index in [-0.39, 0.29) is 0 Å². The third-order valence-corrected chi connectivity index (χ3v) is 3.69. The Kier molecular flexibility index (Phi) is 4.35. The highest BCUT2D eigenvalue weighted by Gasteiger charge is 2.21. The van der Waals surface area contributed by atoms with Crippen molar-refractivity contribution in [3.63, 3.8) is 0 Å². The van der Waals surface area contributed by atoms with Gasteiger partial charge in [-0.25, -0.2) is 0 Å². The van der Waals surface area contributed by atoms with Gasteiger partial charge in [0.05, 0.1) is 0 Å². The molecule has 1 heterocycles. The Labute approximate surface area is 97.9 Å². The molecule has 15 heavy (non-hydrogen) atoms. The zero-order valence-corrected chi connectivity index (χ0v) is 11.3. The molecule has 2 unspecified atom stereocenters. The SMILES string of the molecule is CC(Cc1ccsc1)NC(C)C(C)(C)C. The second-order valence-electron chi connectivity index (χ2n) is 5.49. The van der Waals surface area contributed by atoms with E-state index in [1.165, 1.54) is 5.56 Å². The minimum atomic E-state index is 0.336. The second kappa shape index (κ2) is 5.13. The molecule has 1 aromatic heterocycles. The predicted molar refractivity (Wildman–Crippen MR) is 69.5 cm³/mol. The topological polar surface area (TPSA) is 12.0 Å². The number of nitrogens with one attached hydrogen (secondary N) is 1. The van der Waals surface area contributed by atoms with Crippen molar-refractivity contribution in [2.24, 2.45) is 5.41 Å². The summed E-state index contributed by atoms with van der Waals surface area (Å²) in [5.41, 5.74) is 1.78. The summed E-state index contributed by atoms with van der Waals surface area (Å²) in [4.78, 5) is 0. The van der Waals surface area contributed by atoms with Crippen LogP contribution in [0.4, 0.5) is 0 Å². The first-order valence-corrected chi connectivity index (χ1v) is 6.61. The van der Waals surface area contributed by atoms with E-state index in [9.17, 15) is 0 Å². The highest BCUT2D eigenvalue weighted by atomic mass is 32.1. The molecule has 0 aliphatic heterocycles. The third kappa shape index (κ3) is 4.35. The van der Waals surface area contributed by atoms with Crippen LogP contribution in [0, 0.1) is 5.41 Å². The van der Waals surface area contributed by atoms with Crippen LogP contribution < -0.4 is 5.32 Å². The predicted octanol–water partition coefficient (Wildman–Crippen LogP) is 3.70. The van der Waals surface area contributed by atoms with Crippen molar-refractivity contribution in [3.8, 4) is 0 Å². The maximum Gasteiger partial charge on any atom is 0.00898 e. The fourth-order valence-electron chi connectivity index (χ4n) is 1.50. The Hall–Kier alpha value is -0.340. The molecule has 1 aromatic rings. The van der Waals surface area contributed by atoms with Crippen molar-refractivity contribution >= 4 is 11.3 Å². The Morgan fingerprint density at radius 3 is 2.47 bits per heavy atom. The van der Waals surface area contributed by atoms with Crippen LogP contribution in [0.2, 0.25) is 0 Å². The summed E-state index contributed by atoms with van der Waals surface area (Å²) in [6.07, 6.45) is 1.13. The minimum absolute atomic E-state index is 0.336. The molecule has 0 aliphatic carbocycles. The van der Waals surface area contributed by atoms with Crippen LogP contribution in [0.15, 0.2) is 16.8 Å². The van der Waals surface area contributed by atoms with Gasteiger partial charge in [0.15, 0.2) is 0 Å². The summed E-state index contributed by atoms with van der Waals surface area (Å²) in [5.74, 6) is 0. The molecule has 0 bridgehead atoms. The van der Waals surface area contributed by atoms with Crippen LogP contribution in [0.5, 0.6) is 0 Å².